The Hall–Kier alpha value is -0.650. The Bertz CT molecular complexity index is 471. The molecule has 2 aliphatic rings. The predicted molar refractivity (Wildman–Crippen MR) is 78.8 cm³/mol. The highest BCUT2D eigenvalue weighted by atomic mass is 32.1. The topological polar surface area (TPSA) is 51.4 Å². The number of nitrogens with zero attached hydrogens (tertiary/aromatic N) is 2. The molecule has 19 heavy (non-hydrogen) atoms. The molecule has 4 nitrogen and oxygen atoms in total. The van der Waals surface area contributed by atoms with Crippen LogP contribution in [0.2, 0.25) is 0 Å². The maximum atomic E-state index is 6.20. The standard InChI is InChI=1S/C14H23N3OS/c1-9-7-17(8-14(2,3)18-9)13-16-11-6-4-5-10(15)12(11)19-13/h9-10H,4-8,15H2,1-3H3. The second kappa shape index (κ2) is 4.72. The smallest absolute Gasteiger partial charge is 0.186 e. The Morgan fingerprint density at radius 3 is 2.95 bits per heavy atom. The number of anilines is 1. The number of morpholine rings is 1. The Kier molecular flexibility index (Phi) is 3.31. The Balaban J connectivity index is 1.86. The van der Waals surface area contributed by atoms with Crippen molar-refractivity contribution in [3.63, 3.8) is 0 Å². The number of rotatable bonds is 1. The first-order valence-electron chi connectivity index (χ1n) is 7.12. The van der Waals surface area contributed by atoms with Gasteiger partial charge >= 0.3 is 0 Å². The summed E-state index contributed by atoms with van der Waals surface area (Å²) in [4.78, 5) is 8.50. The largest absolute Gasteiger partial charge is 0.369 e. The van der Waals surface area contributed by atoms with Crippen LogP contribution < -0.4 is 10.6 Å². The van der Waals surface area contributed by atoms with Crippen LogP contribution in [0, 0.1) is 0 Å². The van der Waals surface area contributed by atoms with Gasteiger partial charge in [-0.3, -0.25) is 0 Å². The quantitative estimate of drug-likeness (QED) is 0.859. The molecule has 2 N–H and O–H groups in total. The maximum Gasteiger partial charge on any atom is 0.186 e. The fourth-order valence-corrected chi connectivity index (χ4v) is 4.33. The minimum Gasteiger partial charge on any atom is -0.369 e. The molecule has 0 radical (unpaired) electrons. The number of thiazole rings is 1. The molecule has 1 aliphatic heterocycles. The summed E-state index contributed by atoms with van der Waals surface area (Å²) >= 11 is 1.79. The van der Waals surface area contributed by atoms with Crippen molar-refractivity contribution in [3.8, 4) is 0 Å². The molecule has 1 aromatic rings. The highest BCUT2D eigenvalue weighted by Gasteiger charge is 2.33. The molecular formula is C14H23N3OS. The first-order chi connectivity index (χ1) is 8.94. The molecule has 3 rings (SSSR count). The third kappa shape index (κ3) is 2.64. The van der Waals surface area contributed by atoms with Gasteiger partial charge in [0.2, 0.25) is 0 Å². The Morgan fingerprint density at radius 1 is 1.47 bits per heavy atom. The molecule has 0 saturated carbocycles. The van der Waals surface area contributed by atoms with Crippen LogP contribution in [0.1, 0.15) is 50.2 Å². The SMILES string of the molecule is CC1CN(c2nc3c(s2)C(N)CCC3)CC(C)(C)O1. The number of aryl methyl sites for hydroxylation is 1. The molecule has 1 aliphatic carbocycles. The van der Waals surface area contributed by atoms with Crippen LogP contribution in [0.4, 0.5) is 5.13 Å². The van der Waals surface area contributed by atoms with E-state index in [-0.39, 0.29) is 17.7 Å². The lowest BCUT2D eigenvalue weighted by Crippen LogP contribution is -2.52. The van der Waals surface area contributed by atoms with Gasteiger partial charge in [0.25, 0.3) is 0 Å². The van der Waals surface area contributed by atoms with Crippen molar-refractivity contribution < 1.29 is 4.74 Å². The molecule has 0 amide bonds. The van der Waals surface area contributed by atoms with Gasteiger partial charge in [0.1, 0.15) is 0 Å². The molecule has 5 heteroatoms. The Labute approximate surface area is 119 Å². The van der Waals surface area contributed by atoms with E-state index in [1.807, 2.05) is 0 Å². The Morgan fingerprint density at radius 2 is 2.26 bits per heavy atom. The lowest BCUT2D eigenvalue weighted by molar-refractivity contribution is -0.0749. The van der Waals surface area contributed by atoms with Crippen LogP contribution in [-0.2, 0) is 11.2 Å². The fourth-order valence-electron chi connectivity index (χ4n) is 3.17. The van der Waals surface area contributed by atoms with Gasteiger partial charge in [0.15, 0.2) is 5.13 Å². The highest BCUT2D eigenvalue weighted by molar-refractivity contribution is 7.15. The van der Waals surface area contributed by atoms with Crippen molar-refractivity contribution >= 4 is 16.5 Å². The summed E-state index contributed by atoms with van der Waals surface area (Å²) in [6.07, 6.45) is 3.60. The second-order valence-corrected chi connectivity index (χ2v) is 7.38. The third-order valence-corrected chi connectivity index (χ3v) is 5.11. The molecule has 0 spiro atoms. The molecule has 0 bridgehead atoms. The van der Waals surface area contributed by atoms with E-state index in [4.69, 9.17) is 15.5 Å². The van der Waals surface area contributed by atoms with E-state index in [2.05, 4.69) is 25.7 Å². The van der Waals surface area contributed by atoms with Crippen molar-refractivity contribution in [2.24, 2.45) is 5.73 Å². The van der Waals surface area contributed by atoms with E-state index in [0.29, 0.717) is 0 Å². The number of ether oxygens (including phenoxy) is 1. The van der Waals surface area contributed by atoms with Gasteiger partial charge in [-0.05, 0) is 40.0 Å². The number of nitrogens with two attached hydrogens (primary N) is 1. The summed E-state index contributed by atoms with van der Waals surface area (Å²) in [5, 5.41) is 1.13. The monoisotopic (exact) mass is 281 g/mol. The second-order valence-electron chi connectivity index (χ2n) is 6.37. The summed E-state index contributed by atoms with van der Waals surface area (Å²) in [6, 6.07) is 0.196. The average molecular weight is 281 g/mol. The van der Waals surface area contributed by atoms with E-state index < -0.39 is 0 Å². The van der Waals surface area contributed by atoms with Crippen molar-refractivity contribution in [2.75, 3.05) is 18.0 Å². The first-order valence-corrected chi connectivity index (χ1v) is 7.94. The van der Waals surface area contributed by atoms with Crippen molar-refractivity contribution in [2.45, 2.75) is 57.8 Å². The van der Waals surface area contributed by atoms with Gasteiger partial charge in [-0.1, -0.05) is 11.3 Å². The summed E-state index contributed by atoms with van der Waals surface area (Å²) in [6.45, 7) is 8.25. The van der Waals surface area contributed by atoms with Crippen LogP contribution in [0.5, 0.6) is 0 Å². The van der Waals surface area contributed by atoms with Crippen molar-refractivity contribution in [1.82, 2.24) is 4.98 Å². The van der Waals surface area contributed by atoms with E-state index in [1.165, 1.54) is 17.0 Å². The normalized spacial score (nSPS) is 30.2. The molecule has 1 saturated heterocycles. The van der Waals surface area contributed by atoms with Crippen molar-refractivity contribution in [3.05, 3.63) is 10.6 Å². The third-order valence-electron chi connectivity index (χ3n) is 3.82. The lowest BCUT2D eigenvalue weighted by Gasteiger charge is -2.41. The molecule has 2 unspecified atom stereocenters. The molecule has 2 heterocycles. The first kappa shape index (κ1) is 13.3. The molecule has 0 aromatic carbocycles. The van der Waals surface area contributed by atoms with Crippen molar-refractivity contribution in [1.29, 1.82) is 0 Å². The number of aromatic nitrogens is 1. The number of hydrogen-bond acceptors (Lipinski definition) is 5. The van der Waals surface area contributed by atoms with Gasteiger partial charge in [-0.2, -0.15) is 0 Å². The minimum atomic E-state index is -0.105. The summed E-state index contributed by atoms with van der Waals surface area (Å²) in [5.41, 5.74) is 7.32. The van der Waals surface area contributed by atoms with Gasteiger partial charge in [0.05, 0.1) is 17.4 Å². The molecule has 1 aromatic heterocycles. The van der Waals surface area contributed by atoms with Gasteiger partial charge < -0.3 is 15.4 Å². The molecule has 2 atom stereocenters. The zero-order valence-electron chi connectivity index (χ0n) is 12.0. The number of hydrogen-bond donors (Lipinski definition) is 1. The minimum absolute atomic E-state index is 0.105. The highest BCUT2D eigenvalue weighted by Crippen LogP contribution is 2.37. The molecular weight excluding hydrogens is 258 g/mol. The van der Waals surface area contributed by atoms with Crippen LogP contribution in [0.3, 0.4) is 0 Å². The maximum absolute atomic E-state index is 6.20. The van der Waals surface area contributed by atoms with Crippen LogP contribution in [0.25, 0.3) is 0 Å². The summed E-state index contributed by atoms with van der Waals surface area (Å²) in [7, 11) is 0. The predicted octanol–water partition coefficient (Wildman–Crippen LogP) is 2.48. The van der Waals surface area contributed by atoms with E-state index in [0.717, 1.165) is 31.1 Å². The van der Waals surface area contributed by atoms with Crippen LogP contribution >= 0.6 is 11.3 Å². The molecule has 106 valence electrons. The fraction of sp³-hybridized carbons (Fsp3) is 0.786. The zero-order chi connectivity index (χ0) is 13.6. The van der Waals surface area contributed by atoms with Crippen LogP contribution in [-0.4, -0.2) is 29.8 Å². The summed E-state index contributed by atoms with van der Waals surface area (Å²) < 4.78 is 5.96. The van der Waals surface area contributed by atoms with Crippen LogP contribution in [0.15, 0.2) is 0 Å². The van der Waals surface area contributed by atoms with Gasteiger partial charge in [0, 0.05) is 24.0 Å². The van der Waals surface area contributed by atoms with Gasteiger partial charge in [-0.15, -0.1) is 0 Å². The van der Waals surface area contributed by atoms with E-state index in [1.54, 1.807) is 11.3 Å². The zero-order valence-corrected chi connectivity index (χ0v) is 12.8. The van der Waals surface area contributed by atoms with E-state index >= 15 is 0 Å². The van der Waals surface area contributed by atoms with E-state index in [9.17, 15) is 0 Å². The summed E-state index contributed by atoms with van der Waals surface area (Å²) in [5.74, 6) is 0. The number of fused-ring (bicyclic) bond motifs is 1. The lowest BCUT2D eigenvalue weighted by atomic mass is 9.99. The van der Waals surface area contributed by atoms with Gasteiger partial charge in [-0.25, -0.2) is 4.98 Å². The molecule has 1 fully saturated rings. The average Bonchev–Trinajstić information content (AvgIpc) is 2.71.